The molecular weight excluding hydrogens is 350 g/mol. The lowest BCUT2D eigenvalue weighted by molar-refractivity contribution is 0.0955. The highest BCUT2D eigenvalue weighted by atomic mass is 32.1. The number of nitrogens with zero attached hydrogens (tertiary/aromatic N) is 1. The van der Waals surface area contributed by atoms with Crippen molar-refractivity contribution in [2.24, 2.45) is 0 Å². The van der Waals surface area contributed by atoms with Gasteiger partial charge in [-0.1, -0.05) is 12.1 Å². The maximum atomic E-state index is 12.4. The topological polar surface area (TPSA) is 57.8 Å². The molecule has 0 atom stereocenters. The second-order valence-electron chi connectivity index (χ2n) is 5.94. The first-order valence-electron chi connectivity index (χ1n) is 7.97. The van der Waals surface area contributed by atoms with E-state index in [4.69, 9.17) is 0 Å². The number of carbonyl (C=O) groups is 1. The molecule has 4 rings (SSSR count). The van der Waals surface area contributed by atoms with Gasteiger partial charge in [0.2, 0.25) is 0 Å². The van der Waals surface area contributed by atoms with Crippen molar-refractivity contribution in [1.82, 2.24) is 15.3 Å². The molecule has 0 saturated carbocycles. The van der Waals surface area contributed by atoms with Gasteiger partial charge in [-0.3, -0.25) is 4.79 Å². The summed E-state index contributed by atoms with van der Waals surface area (Å²) in [5.41, 5.74) is 4.66. The van der Waals surface area contributed by atoms with E-state index in [9.17, 15) is 4.79 Å². The summed E-state index contributed by atoms with van der Waals surface area (Å²) in [7, 11) is 0. The molecule has 0 spiro atoms. The van der Waals surface area contributed by atoms with E-state index < -0.39 is 0 Å². The predicted octanol–water partition coefficient (Wildman–Crippen LogP) is 4.90. The van der Waals surface area contributed by atoms with Gasteiger partial charge in [0.05, 0.1) is 11.1 Å². The quantitative estimate of drug-likeness (QED) is 0.539. The lowest BCUT2D eigenvalue weighted by Gasteiger charge is -2.04. The molecule has 1 amide bonds. The van der Waals surface area contributed by atoms with Crippen LogP contribution in [0.25, 0.3) is 20.8 Å². The van der Waals surface area contributed by atoms with Crippen molar-refractivity contribution in [3.8, 4) is 9.88 Å². The average molecular weight is 367 g/mol. The van der Waals surface area contributed by atoms with Crippen LogP contribution in [0.4, 0.5) is 0 Å². The maximum Gasteiger partial charge on any atom is 0.263 e. The zero-order valence-corrected chi connectivity index (χ0v) is 15.6. The van der Waals surface area contributed by atoms with Gasteiger partial charge in [0.1, 0.15) is 9.88 Å². The van der Waals surface area contributed by atoms with Gasteiger partial charge in [-0.15, -0.1) is 22.7 Å². The summed E-state index contributed by atoms with van der Waals surface area (Å²) in [4.78, 5) is 21.8. The number of nitrogens with one attached hydrogen (secondary N) is 2. The number of aryl methyl sites for hydroxylation is 2. The number of rotatable bonds is 4. The third-order valence-electron chi connectivity index (χ3n) is 4.29. The Kier molecular flexibility index (Phi) is 4.15. The van der Waals surface area contributed by atoms with Crippen LogP contribution in [0.15, 0.2) is 41.9 Å². The highest BCUT2D eigenvalue weighted by Gasteiger charge is 2.12. The van der Waals surface area contributed by atoms with Crippen LogP contribution in [-0.4, -0.2) is 15.9 Å². The minimum atomic E-state index is -0.0811. The van der Waals surface area contributed by atoms with Gasteiger partial charge in [-0.2, -0.15) is 0 Å². The molecular formula is C19H17N3OS2. The van der Waals surface area contributed by atoms with Crippen LogP contribution in [-0.2, 0) is 6.54 Å². The smallest absolute Gasteiger partial charge is 0.263 e. The van der Waals surface area contributed by atoms with Crippen LogP contribution in [0.2, 0.25) is 0 Å². The molecule has 4 aromatic rings. The first-order valence-corrected chi connectivity index (χ1v) is 9.67. The number of amides is 1. The van der Waals surface area contributed by atoms with Gasteiger partial charge >= 0.3 is 0 Å². The van der Waals surface area contributed by atoms with Crippen LogP contribution in [0.3, 0.4) is 0 Å². The second kappa shape index (κ2) is 6.46. The molecule has 6 heteroatoms. The Labute approximate surface area is 153 Å². The normalized spacial score (nSPS) is 11.1. The standard InChI is InChI=1S/C19H17N3OS2/c1-11-12(2)22-15-6-5-13(8-14(11)15)9-20-18(23)17-10-21-19(25-17)16-4-3-7-24-16/h3-8,10,22H,9H2,1-2H3,(H,20,23). The lowest BCUT2D eigenvalue weighted by Crippen LogP contribution is -2.21. The van der Waals surface area contributed by atoms with Crippen molar-refractivity contribution >= 4 is 39.5 Å². The van der Waals surface area contributed by atoms with Gasteiger partial charge in [0.15, 0.2) is 0 Å². The monoisotopic (exact) mass is 367 g/mol. The Hall–Kier alpha value is -2.44. The van der Waals surface area contributed by atoms with Gasteiger partial charge in [-0.05, 0) is 48.6 Å². The fourth-order valence-electron chi connectivity index (χ4n) is 2.78. The molecule has 0 aliphatic heterocycles. The van der Waals surface area contributed by atoms with Crippen molar-refractivity contribution in [2.45, 2.75) is 20.4 Å². The van der Waals surface area contributed by atoms with E-state index in [0.29, 0.717) is 11.4 Å². The first-order chi connectivity index (χ1) is 12.1. The fraction of sp³-hybridized carbons (Fsp3) is 0.158. The number of aromatic amines is 1. The molecule has 3 aromatic heterocycles. The fourth-order valence-corrected chi connectivity index (χ4v) is 4.42. The molecule has 0 aliphatic carbocycles. The van der Waals surface area contributed by atoms with Crippen LogP contribution in [0, 0.1) is 13.8 Å². The summed E-state index contributed by atoms with van der Waals surface area (Å²) in [5.74, 6) is -0.0811. The van der Waals surface area contributed by atoms with Crippen LogP contribution >= 0.6 is 22.7 Å². The second-order valence-corrected chi connectivity index (χ2v) is 7.92. The largest absolute Gasteiger partial charge is 0.358 e. The van der Waals surface area contributed by atoms with Gasteiger partial charge in [-0.25, -0.2) is 4.98 Å². The van der Waals surface area contributed by atoms with Gasteiger partial charge in [0.25, 0.3) is 5.91 Å². The number of hydrogen-bond acceptors (Lipinski definition) is 4. The first kappa shape index (κ1) is 16.1. The molecule has 0 aliphatic rings. The molecule has 2 N–H and O–H groups in total. The Morgan fingerprint density at radius 1 is 1.28 bits per heavy atom. The van der Waals surface area contributed by atoms with Gasteiger partial charge < -0.3 is 10.3 Å². The van der Waals surface area contributed by atoms with E-state index in [1.165, 1.54) is 28.0 Å². The molecule has 126 valence electrons. The van der Waals surface area contributed by atoms with E-state index in [-0.39, 0.29) is 5.91 Å². The Bertz CT molecular complexity index is 1040. The lowest BCUT2D eigenvalue weighted by atomic mass is 10.1. The van der Waals surface area contributed by atoms with Crippen molar-refractivity contribution < 1.29 is 4.79 Å². The molecule has 0 unspecified atom stereocenters. The summed E-state index contributed by atoms with van der Waals surface area (Å²) >= 11 is 3.05. The van der Waals surface area contributed by atoms with E-state index in [2.05, 4.69) is 41.3 Å². The van der Waals surface area contributed by atoms with Crippen molar-refractivity contribution in [3.63, 3.8) is 0 Å². The molecule has 1 aromatic carbocycles. The van der Waals surface area contributed by atoms with E-state index in [0.717, 1.165) is 21.0 Å². The highest BCUT2D eigenvalue weighted by molar-refractivity contribution is 7.21. The summed E-state index contributed by atoms with van der Waals surface area (Å²) in [6, 6.07) is 10.3. The molecule has 4 nitrogen and oxygen atoms in total. The van der Waals surface area contributed by atoms with Crippen LogP contribution in [0.1, 0.15) is 26.5 Å². The van der Waals surface area contributed by atoms with Crippen LogP contribution < -0.4 is 5.32 Å². The predicted molar refractivity (Wildman–Crippen MR) is 104 cm³/mol. The number of H-pyrrole nitrogens is 1. The van der Waals surface area contributed by atoms with E-state index in [1.807, 2.05) is 23.6 Å². The van der Waals surface area contributed by atoms with Crippen molar-refractivity contribution in [3.05, 3.63) is 63.6 Å². The number of benzene rings is 1. The molecule has 0 fully saturated rings. The zero-order chi connectivity index (χ0) is 17.4. The number of carbonyl (C=O) groups excluding carboxylic acids is 1. The minimum absolute atomic E-state index is 0.0811. The SMILES string of the molecule is Cc1[nH]c2ccc(CNC(=O)c3cnc(-c4cccs4)s3)cc2c1C. The molecule has 25 heavy (non-hydrogen) atoms. The Balaban J connectivity index is 1.47. The number of fused-ring (bicyclic) bond motifs is 1. The summed E-state index contributed by atoms with van der Waals surface area (Å²) < 4.78 is 0. The average Bonchev–Trinajstić information content (AvgIpc) is 3.34. The van der Waals surface area contributed by atoms with E-state index >= 15 is 0 Å². The summed E-state index contributed by atoms with van der Waals surface area (Å²) in [6.07, 6.45) is 1.65. The number of aromatic nitrogens is 2. The molecule has 0 radical (unpaired) electrons. The molecule has 0 saturated heterocycles. The third kappa shape index (κ3) is 3.10. The van der Waals surface area contributed by atoms with Gasteiger partial charge in [0, 0.05) is 23.1 Å². The number of hydrogen-bond donors (Lipinski definition) is 2. The maximum absolute atomic E-state index is 12.4. The zero-order valence-electron chi connectivity index (χ0n) is 13.9. The minimum Gasteiger partial charge on any atom is -0.358 e. The van der Waals surface area contributed by atoms with E-state index in [1.54, 1.807) is 17.5 Å². The Morgan fingerprint density at radius 2 is 2.16 bits per heavy atom. The molecule has 3 heterocycles. The summed E-state index contributed by atoms with van der Waals surface area (Å²) in [5, 5.41) is 7.10. The highest BCUT2D eigenvalue weighted by Crippen LogP contribution is 2.29. The third-order valence-corrected chi connectivity index (χ3v) is 6.32. The number of thiazole rings is 1. The summed E-state index contributed by atoms with van der Waals surface area (Å²) in [6.45, 7) is 4.69. The van der Waals surface area contributed by atoms with Crippen LogP contribution in [0.5, 0.6) is 0 Å². The number of thiophene rings is 1. The van der Waals surface area contributed by atoms with Crippen molar-refractivity contribution in [2.75, 3.05) is 0 Å². The Morgan fingerprint density at radius 3 is 2.96 bits per heavy atom. The van der Waals surface area contributed by atoms with Crippen molar-refractivity contribution in [1.29, 1.82) is 0 Å². The molecule has 0 bridgehead atoms.